The van der Waals surface area contributed by atoms with Gasteiger partial charge in [-0.3, -0.25) is 4.79 Å². The molecule has 100 valence electrons. The monoisotopic (exact) mass is 259 g/mol. The van der Waals surface area contributed by atoms with Crippen LogP contribution in [0.5, 0.6) is 0 Å². The number of furan rings is 1. The normalized spacial score (nSPS) is 19.9. The van der Waals surface area contributed by atoms with E-state index in [0.29, 0.717) is 18.8 Å². The zero-order valence-corrected chi connectivity index (χ0v) is 10.9. The highest BCUT2D eigenvalue weighted by atomic mass is 16.3. The molecule has 1 N–H and O–H groups in total. The highest BCUT2D eigenvalue weighted by molar-refractivity contribution is 5.96. The summed E-state index contributed by atoms with van der Waals surface area (Å²) >= 11 is 0. The lowest BCUT2D eigenvalue weighted by molar-refractivity contribution is 0.0450. The second-order valence-corrected chi connectivity index (χ2v) is 5.20. The van der Waals surface area contributed by atoms with Crippen LogP contribution in [-0.4, -0.2) is 35.1 Å². The second kappa shape index (κ2) is 4.70. The number of carbonyl (C=O) groups excluding carboxylic acids is 1. The number of carbonyl (C=O) groups is 1. The van der Waals surface area contributed by atoms with Gasteiger partial charge >= 0.3 is 0 Å². The molecule has 0 bridgehead atoms. The molecule has 0 radical (unpaired) electrons. The van der Waals surface area contributed by atoms with E-state index in [1.54, 1.807) is 11.0 Å². The summed E-state index contributed by atoms with van der Waals surface area (Å²) in [6.07, 6.45) is 1.19. The van der Waals surface area contributed by atoms with Crippen molar-refractivity contribution in [1.29, 1.82) is 0 Å². The summed E-state index contributed by atoms with van der Waals surface area (Å²) in [6, 6.07) is 7.63. The zero-order valence-electron chi connectivity index (χ0n) is 10.9. The van der Waals surface area contributed by atoms with Crippen molar-refractivity contribution in [3.8, 4) is 0 Å². The summed E-state index contributed by atoms with van der Waals surface area (Å²) in [5.41, 5.74) is 1.87. The van der Waals surface area contributed by atoms with Gasteiger partial charge in [0.05, 0.1) is 6.10 Å². The number of aliphatic hydroxyl groups is 1. The van der Waals surface area contributed by atoms with Crippen molar-refractivity contribution in [2.45, 2.75) is 25.9 Å². The van der Waals surface area contributed by atoms with Gasteiger partial charge in [-0.1, -0.05) is 11.6 Å². The lowest BCUT2D eigenvalue weighted by Crippen LogP contribution is -2.42. The Labute approximate surface area is 111 Å². The first-order chi connectivity index (χ1) is 9.13. The average molecular weight is 259 g/mol. The Morgan fingerprint density at radius 1 is 1.42 bits per heavy atom. The number of rotatable bonds is 1. The molecule has 0 aliphatic carbocycles. The van der Waals surface area contributed by atoms with E-state index in [9.17, 15) is 9.90 Å². The molecule has 1 aromatic carbocycles. The number of benzene rings is 1. The molecule has 2 heterocycles. The molecule has 3 rings (SSSR count). The fraction of sp³-hybridized carbons (Fsp3) is 0.400. The van der Waals surface area contributed by atoms with Crippen LogP contribution >= 0.6 is 0 Å². The van der Waals surface area contributed by atoms with E-state index in [4.69, 9.17) is 4.42 Å². The predicted molar refractivity (Wildman–Crippen MR) is 72.1 cm³/mol. The molecular weight excluding hydrogens is 242 g/mol. The number of hydrogen-bond acceptors (Lipinski definition) is 3. The van der Waals surface area contributed by atoms with Crippen LogP contribution < -0.4 is 0 Å². The third-order valence-electron chi connectivity index (χ3n) is 3.57. The van der Waals surface area contributed by atoms with E-state index in [2.05, 4.69) is 0 Å². The van der Waals surface area contributed by atoms with Crippen molar-refractivity contribution in [3.63, 3.8) is 0 Å². The Bertz CT molecular complexity index is 617. The van der Waals surface area contributed by atoms with Crippen molar-refractivity contribution in [3.05, 3.63) is 35.6 Å². The Balaban J connectivity index is 1.88. The van der Waals surface area contributed by atoms with E-state index in [1.165, 1.54) is 0 Å². The van der Waals surface area contributed by atoms with Gasteiger partial charge in [0.1, 0.15) is 5.58 Å². The zero-order chi connectivity index (χ0) is 13.4. The van der Waals surface area contributed by atoms with Crippen LogP contribution in [0.4, 0.5) is 0 Å². The molecule has 19 heavy (non-hydrogen) atoms. The Hall–Kier alpha value is -1.81. The van der Waals surface area contributed by atoms with E-state index in [-0.39, 0.29) is 5.91 Å². The molecule has 0 saturated carbocycles. The molecule has 1 amide bonds. The van der Waals surface area contributed by atoms with Crippen molar-refractivity contribution < 1.29 is 14.3 Å². The molecule has 1 aliphatic rings. The summed E-state index contributed by atoms with van der Waals surface area (Å²) in [5, 5.41) is 10.6. The van der Waals surface area contributed by atoms with Crippen LogP contribution in [-0.2, 0) is 0 Å². The van der Waals surface area contributed by atoms with Gasteiger partial charge in [0.15, 0.2) is 5.76 Å². The minimum atomic E-state index is -0.413. The minimum Gasteiger partial charge on any atom is -0.451 e. The standard InChI is InChI=1S/C15H17NO3/c1-10-4-5-13-11(7-10)8-14(19-13)15(18)16-6-2-3-12(17)9-16/h4-5,7-8,12,17H,2-3,6,9H2,1H3. The van der Waals surface area contributed by atoms with Crippen LogP contribution in [0, 0.1) is 6.92 Å². The van der Waals surface area contributed by atoms with Crippen LogP contribution in [0.3, 0.4) is 0 Å². The average Bonchev–Trinajstić information content (AvgIpc) is 2.80. The first-order valence-corrected chi connectivity index (χ1v) is 6.61. The molecule has 4 heteroatoms. The van der Waals surface area contributed by atoms with Gasteiger partial charge in [0.2, 0.25) is 0 Å². The Morgan fingerprint density at radius 2 is 2.26 bits per heavy atom. The molecule has 1 unspecified atom stereocenters. The van der Waals surface area contributed by atoms with Gasteiger partial charge in [0.25, 0.3) is 5.91 Å². The fourth-order valence-corrected chi connectivity index (χ4v) is 2.56. The summed E-state index contributed by atoms with van der Waals surface area (Å²) in [5.74, 6) is 0.224. The first-order valence-electron chi connectivity index (χ1n) is 6.61. The lowest BCUT2D eigenvalue weighted by Gasteiger charge is -2.29. The molecule has 1 aliphatic heterocycles. The number of aryl methyl sites for hydroxylation is 1. The molecule has 1 aromatic heterocycles. The molecule has 1 fully saturated rings. The SMILES string of the molecule is Cc1ccc2oc(C(=O)N3CCCC(O)C3)cc2c1. The fourth-order valence-electron chi connectivity index (χ4n) is 2.56. The number of fused-ring (bicyclic) bond motifs is 1. The maximum absolute atomic E-state index is 12.3. The number of aliphatic hydroxyl groups excluding tert-OH is 1. The lowest BCUT2D eigenvalue weighted by atomic mass is 10.1. The van der Waals surface area contributed by atoms with Crippen LogP contribution in [0.2, 0.25) is 0 Å². The second-order valence-electron chi connectivity index (χ2n) is 5.20. The minimum absolute atomic E-state index is 0.132. The largest absolute Gasteiger partial charge is 0.451 e. The molecule has 1 atom stereocenters. The van der Waals surface area contributed by atoms with Gasteiger partial charge in [-0.2, -0.15) is 0 Å². The van der Waals surface area contributed by atoms with Gasteiger partial charge in [0, 0.05) is 18.5 Å². The highest BCUT2D eigenvalue weighted by Gasteiger charge is 2.25. The first kappa shape index (κ1) is 12.2. The van der Waals surface area contributed by atoms with Gasteiger partial charge in [-0.05, 0) is 38.0 Å². The van der Waals surface area contributed by atoms with E-state index in [1.807, 2.05) is 25.1 Å². The van der Waals surface area contributed by atoms with Crippen LogP contribution in [0.25, 0.3) is 11.0 Å². The summed E-state index contributed by atoms with van der Waals surface area (Å²) in [4.78, 5) is 14.0. The summed E-state index contributed by atoms with van der Waals surface area (Å²) in [6.45, 7) is 3.09. The number of nitrogens with zero attached hydrogens (tertiary/aromatic N) is 1. The van der Waals surface area contributed by atoms with Crippen molar-refractivity contribution in [2.24, 2.45) is 0 Å². The maximum Gasteiger partial charge on any atom is 0.289 e. The number of hydrogen-bond donors (Lipinski definition) is 1. The maximum atomic E-state index is 12.3. The molecule has 4 nitrogen and oxygen atoms in total. The van der Waals surface area contributed by atoms with Gasteiger partial charge < -0.3 is 14.4 Å². The van der Waals surface area contributed by atoms with Gasteiger partial charge in [-0.15, -0.1) is 0 Å². The number of β-amino-alcohol motifs (C(OH)–C–C–N with tert-alkyl or cyclic N) is 1. The molecule has 1 saturated heterocycles. The third-order valence-corrected chi connectivity index (χ3v) is 3.57. The number of piperidine rings is 1. The summed E-state index contributed by atoms with van der Waals surface area (Å²) in [7, 11) is 0. The number of likely N-dealkylation sites (tertiary alicyclic amines) is 1. The third kappa shape index (κ3) is 2.36. The predicted octanol–water partition coefficient (Wildman–Crippen LogP) is 2.34. The quantitative estimate of drug-likeness (QED) is 0.855. The van der Waals surface area contributed by atoms with E-state index < -0.39 is 6.10 Å². The van der Waals surface area contributed by atoms with Crippen LogP contribution in [0.1, 0.15) is 29.0 Å². The van der Waals surface area contributed by atoms with Crippen LogP contribution in [0.15, 0.2) is 28.7 Å². The van der Waals surface area contributed by atoms with Crippen molar-refractivity contribution in [2.75, 3.05) is 13.1 Å². The highest BCUT2D eigenvalue weighted by Crippen LogP contribution is 2.22. The Kier molecular flexibility index (Phi) is 3.03. The summed E-state index contributed by atoms with van der Waals surface area (Å²) < 4.78 is 5.60. The van der Waals surface area contributed by atoms with E-state index >= 15 is 0 Å². The molecule has 2 aromatic rings. The van der Waals surface area contributed by atoms with E-state index in [0.717, 1.165) is 29.4 Å². The number of amides is 1. The Morgan fingerprint density at radius 3 is 3.05 bits per heavy atom. The topological polar surface area (TPSA) is 53.7 Å². The molecular formula is C15H17NO3. The van der Waals surface area contributed by atoms with Crippen molar-refractivity contribution in [1.82, 2.24) is 4.90 Å². The smallest absolute Gasteiger partial charge is 0.289 e. The molecule has 0 spiro atoms. The van der Waals surface area contributed by atoms with Gasteiger partial charge in [-0.25, -0.2) is 0 Å². The van der Waals surface area contributed by atoms with Crippen molar-refractivity contribution >= 4 is 16.9 Å².